The molecule has 3 rings (SSSR count). The SMILES string of the molecule is Cc1ccc2oc(C(=O)NCCN3CCCC3)cc2c1. The molecule has 0 bridgehead atoms. The van der Waals surface area contributed by atoms with Gasteiger partial charge in [-0.25, -0.2) is 0 Å². The Morgan fingerprint density at radius 1 is 1.30 bits per heavy atom. The van der Waals surface area contributed by atoms with Crippen molar-refractivity contribution in [2.45, 2.75) is 19.8 Å². The zero-order valence-electron chi connectivity index (χ0n) is 11.8. The third-order valence-electron chi connectivity index (χ3n) is 3.81. The van der Waals surface area contributed by atoms with Crippen LogP contribution >= 0.6 is 0 Å². The van der Waals surface area contributed by atoms with Gasteiger partial charge >= 0.3 is 0 Å². The van der Waals surface area contributed by atoms with Gasteiger partial charge in [-0.15, -0.1) is 0 Å². The van der Waals surface area contributed by atoms with Crippen molar-refractivity contribution in [1.29, 1.82) is 0 Å². The molecule has 2 heterocycles. The quantitative estimate of drug-likeness (QED) is 0.930. The number of amides is 1. The van der Waals surface area contributed by atoms with Crippen LogP contribution in [0, 0.1) is 6.92 Å². The number of nitrogens with one attached hydrogen (secondary N) is 1. The molecule has 4 nitrogen and oxygen atoms in total. The molecule has 1 aliphatic rings. The maximum absolute atomic E-state index is 12.0. The van der Waals surface area contributed by atoms with Crippen LogP contribution in [0.4, 0.5) is 0 Å². The van der Waals surface area contributed by atoms with Gasteiger partial charge in [-0.2, -0.15) is 0 Å². The minimum absolute atomic E-state index is 0.127. The summed E-state index contributed by atoms with van der Waals surface area (Å²) in [6.45, 7) is 5.93. The number of carbonyl (C=O) groups is 1. The first-order valence-corrected chi connectivity index (χ1v) is 7.23. The van der Waals surface area contributed by atoms with E-state index in [1.807, 2.05) is 31.2 Å². The van der Waals surface area contributed by atoms with Crippen molar-refractivity contribution in [3.63, 3.8) is 0 Å². The molecule has 0 spiro atoms. The average Bonchev–Trinajstić information content (AvgIpc) is 3.06. The first kappa shape index (κ1) is 13.2. The van der Waals surface area contributed by atoms with Gasteiger partial charge in [0.25, 0.3) is 5.91 Å². The molecule has 0 unspecified atom stereocenters. The lowest BCUT2D eigenvalue weighted by Gasteiger charge is -2.14. The van der Waals surface area contributed by atoms with Crippen molar-refractivity contribution in [2.75, 3.05) is 26.2 Å². The number of fused-ring (bicyclic) bond motifs is 1. The van der Waals surface area contributed by atoms with E-state index in [0.717, 1.165) is 30.6 Å². The molecule has 0 atom stereocenters. The summed E-state index contributed by atoms with van der Waals surface area (Å²) in [5.74, 6) is 0.269. The molecule has 1 N–H and O–H groups in total. The normalized spacial score (nSPS) is 15.8. The summed E-state index contributed by atoms with van der Waals surface area (Å²) in [4.78, 5) is 14.4. The van der Waals surface area contributed by atoms with Crippen molar-refractivity contribution in [2.24, 2.45) is 0 Å². The van der Waals surface area contributed by atoms with E-state index >= 15 is 0 Å². The highest BCUT2D eigenvalue weighted by Gasteiger charge is 2.14. The lowest BCUT2D eigenvalue weighted by atomic mass is 10.2. The van der Waals surface area contributed by atoms with Crippen LogP contribution in [0.3, 0.4) is 0 Å². The Morgan fingerprint density at radius 2 is 2.10 bits per heavy atom. The van der Waals surface area contributed by atoms with E-state index in [2.05, 4.69) is 10.2 Å². The van der Waals surface area contributed by atoms with Crippen LogP contribution in [-0.4, -0.2) is 37.0 Å². The van der Waals surface area contributed by atoms with Crippen LogP contribution < -0.4 is 5.32 Å². The van der Waals surface area contributed by atoms with Crippen LogP contribution in [0.25, 0.3) is 11.0 Å². The lowest BCUT2D eigenvalue weighted by molar-refractivity contribution is 0.0924. The Bertz CT molecular complexity index is 612. The first-order valence-electron chi connectivity index (χ1n) is 7.23. The molecule has 1 fully saturated rings. The molecule has 0 saturated carbocycles. The third-order valence-corrected chi connectivity index (χ3v) is 3.81. The van der Waals surface area contributed by atoms with Crippen LogP contribution in [0.2, 0.25) is 0 Å². The second-order valence-electron chi connectivity index (χ2n) is 5.46. The number of likely N-dealkylation sites (tertiary alicyclic amines) is 1. The standard InChI is InChI=1S/C16H20N2O2/c1-12-4-5-14-13(10-12)11-15(20-14)16(19)17-6-9-18-7-2-3-8-18/h4-5,10-11H,2-3,6-9H2,1H3,(H,17,19). The molecule has 1 aliphatic heterocycles. The molecule has 1 aromatic heterocycles. The fourth-order valence-electron chi connectivity index (χ4n) is 2.70. The summed E-state index contributed by atoms with van der Waals surface area (Å²) in [6, 6.07) is 7.74. The number of aryl methyl sites for hydroxylation is 1. The summed E-state index contributed by atoms with van der Waals surface area (Å²) in [7, 11) is 0. The summed E-state index contributed by atoms with van der Waals surface area (Å²) in [6.07, 6.45) is 2.55. The first-order chi connectivity index (χ1) is 9.72. The Labute approximate surface area is 118 Å². The highest BCUT2D eigenvalue weighted by atomic mass is 16.3. The van der Waals surface area contributed by atoms with E-state index in [1.54, 1.807) is 0 Å². The number of benzene rings is 1. The second-order valence-corrected chi connectivity index (χ2v) is 5.46. The van der Waals surface area contributed by atoms with Crippen molar-refractivity contribution in [3.05, 3.63) is 35.6 Å². The molecule has 106 valence electrons. The molecule has 20 heavy (non-hydrogen) atoms. The molecular formula is C16H20N2O2. The summed E-state index contributed by atoms with van der Waals surface area (Å²) >= 11 is 0. The number of rotatable bonds is 4. The fourth-order valence-corrected chi connectivity index (χ4v) is 2.70. The second kappa shape index (κ2) is 5.67. The Hall–Kier alpha value is -1.81. The highest BCUT2D eigenvalue weighted by molar-refractivity contribution is 5.96. The molecule has 1 aromatic carbocycles. The molecular weight excluding hydrogens is 252 g/mol. The van der Waals surface area contributed by atoms with Crippen LogP contribution in [-0.2, 0) is 0 Å². The van der Waals surface area contributed by atoms with E-state index in [9.17, 15) is 4.79 Å². The molecule has 0 radical (unpaired) electrons. The third kappa shape index (κ3) is 2.85. The van der Waals surface area contributed by atoms with Gasteiger partial charge in [-0.3, -0.25) is 4.79 Å². The van der Waals surface area contributed by atoms with Gasteiger partial charge in [0.05, 0.1) is 0 Å². The highest BCUT2D eigenvalue weighted by Crippen LogP contribution is 2.20. The smallest absolute Gasteiger partial charge is 0.287 e. The predicted octanol–water partition coefficient (Wildman–Crippen LogP) is 2.57. The molecule has 4 heteroatoms. The minimum atomic E-state index is -0.127. The predicted molar refractivity (Wildman–Crippen MR) is 79.0 cm³/mol. The summed E-state index contributed by atoms with van der Waals surface area (Å²) in [5.41, 5.74) is 1.93. The minimum Gasteiger partial charge on any atom is -0.451 e. The Kier molecular flexibility index (Phi) is 3.74. The lowest BCUT2D eigenvalue weighted by Crippen LogP contribution is -2.33. The topological polar surface area (TPSA) is 45.5 Å². The van der Waals surface area contributed by atoms with Crippen LogP contribution in [0.15, 0.2) is 28.7 Å². The van der Waals surface area contributed by atoms with Gasteiger partial charge in [0, 0.05) is 18.5 Å². The Morgan fingerprint density at radius 3 is 2.90 bits per heavy atom. The largest absolute Gasteiger partial charge is 0.451 e. The van der Waals surface area contributed by atoms with Crippen molar-refractivity contribution in [1.82, 2.24) is 10.2 Å². The number of carbonyl (C=O) groups excluding carboxylic acids is 1. The van der Waals surface area contributed by atoms with Crippen LogP contribution in [0.1, 0.15) is 29.0 Å². The fraction of sp³-hybridized carbons (Fsp3) is 0.438. The van der Waals surface area contributed by atoms with Gasteiger partial charge < -0.3 is 14.6 Å². The molecule has 1 amide bonds. The van der Waals surface area contributed by atoms with E-state index in [-0.39, 0.29) is 5.91 Å². The van der Waals surface area contributed by atoms with Crippen molar-refractivity contribution in [3.8, 4) is 0 Å². The summed E-state index contributed by atoms with van der Waals surface area (Å²) in [5, 5.41) is 3.91. The maximum Gasteiger partial charge on any atom is 0.287 e. The summed E-state index contributed by atoms with van der Waals surface area (Å²) < 4.78 is 5.58. The monoisotopic (exact) mass is 272 g/mol. The number of furan rings is 1. The van der Waals surface area contributed by atoms with Gasteiger partial charge in [0.2, 0.25) is 0 Å². The van der Waals surface area contributed by atoms with Gasteiger partial charge in [0.1, 0.15) is 5.58 Å². The average molecular weight is 272 g/mol. The van der Waals surface area contributed by atoms with Gasteiger partial charge in [-0.1, -0.05) is 11.6 Å². The molecule has 2 aromatic rings. The van der Waals surface area contributed by atoms with Crippen molar-refractivity contribution >= 4 is 16.9 Å². The van der Waals surface area contributed by atoms with E-state index in [0.29, 0.717) is 12.3 Å². The zero-order valence-corrected chi connectivity index (χ0v) is 11.8. The van der Waals surface area contributed by atoms with E-state index < -0.39 is 0 Å². The van der Waals surface area contributed by atoms with Gasteiger partial charge in [0.15, 0.2) is 5.76 Å². The van der Waals surface area contributed by atoms with Crippen molar-refractivity contribution < 1.29 is 9.21 Å². The van der Waals surface area contributed by atoms with E-state index in [4.69, 9.17) is 4.42 Å². The number of hydrogen-bond donors (Lipinski definition) is 1. The Balaban J connectivity index is 1.60. The zero-order chi connectivity index (χ0) is 13.9. The van der Waals surface area contributed by atoms with Crippen LogP contribution in [0.5, 0.6) is 0 Å². The maximum atomic E-state index is 12.0. The van der Waals surface area contributed by atoms with Gasteiger partial charge in [-0.05, 0) is 51.1 Å². The number of nitrogens with zero attached hydrogens (tertiary/aromatic N) is 1. The molecule has 0 aliphatic carbocycles. The molecule has 1 saturated heterocycles. The van der Waals surface area contributed by atoms with E-state index in [1.165, 1.54) is 18.4 Å². The number of hydrogen-bond acceptors (Lipinski definition) is 3.